The van der Waals surface area contributed by atoms with Crippen molar-refractivity contribution >= 4 is 46.9 Å². The smallest absolute Gasteiger partial charge is 0.414 e. The molecule has 0 atom stereocenters. The average Bonchev–Trinajstić information content (AvgIpc) is 3.67. The molecule has 0 spiro atoms. The van der Waals surface area contributed by atoms with Gasteiger partial charge >= 0.3 is 6.09 Å². The Kier molecular flexibility index (Phi) is 12.4. The van der Waals surface area contributed by atoms with Gasteiger partial charge in [-0.05, 0) is 73.6 Å². The van der Waals surface area contributed by atoms with Gasteiger partial charge in [-0.2, -0.15) is 10.4 Å². The van der Waals surface area contributed by atoms with Gasteiger partial charge in [0.1, 0.15) is 17.6 Å². The largest absolute Gasteiger partial charge is 0.456 e. The number of hydrogen-bond donors (Lipinski definition) is 2. The summed E-state index contributed by atoms with van der Waals surface area (Å²) in [5.41, 5.74) is 5.12. The van der Waals surface area contributed by atoms with E-state index in [9.17, 15) is 14.9 Å². The lowest BCUT2D eigenvalue weighted by Gasteiger charge is -2.15. The number of hydrazone groups is 1. The highest BCUT2D eigenvalue weighted by Crippen LogP contribution is 2.37. The third-order valence-electron chi connectivity index (χ3n) is 5.38. The summed E-state index contributed by atoms with van der Waals surface area (Å²) in [5, 5.41) is 15.2. The van der Waals surface area contributed by atoms with Crippen molar-refractivity contribution in [2.45, 2.75) is 60.8 Å². The van der Waals surface area contributed by atoms with E-state index in [1.807, 2.05) is 43.6 Å². The Morgan fingerprint density at radius 1 is 1.23 bits per heavy atom. The first kappa shape index (κ1) is 31.3. The summed E-state index contributed by atoms with van der Waals surface area (Å²) in [6.45, 7) is 12.0. The number of halogens is 1. The van der Waals surface area contributed by atoms with E-state index in [2.05, 4.69) is 41.0 Å². The molecule has 1 aliphatic rings. The van der Waals surface area contributed by atoms with Crippen molar-refractivity contribution < 1.29 is 19.1 Å². The fourth-order valence-corrected chi connectivity index (χ4v) is 3.29. The number of carbonyl (C=O) groups excluding carboxylic acids is 2. The lowest BCUT2D eigenvalue weighted by Crippen LogP contribution is -2.36. The predicted molar refractivity (Wildman–Crippen MR) is 155 cm³/mol. The summed E-state index contributed by atoms with van der Waals surface area (Å²) in [4.78, 5) is 27.9. The van der Waals surface area contributed by atoms with E-state index in [0.29, 0.717) is 34.5 Å². The van der Waals surface area contributed by atoms with Crippen LogP contribution < -0.4 is 15.5 Å². The first-order valence-electron chi connectivity index (χ1n) is 12.9. The number of hydrogen-bond acceptors (Lipinski definition) is 8. The number of imide groups is 1. The average molecular weight is 554 g/mol. The molecular weight excluding hydrogens is 518 g/mol. The zero-order valence-electron chi connectivity index (χ0n) is 23.3. The summed E-state index contributed by atoms with van der Waals surface area (Å²) in [7, 11) is 0. The zero-order chi connectivity index (χ0) is 28.9. The zero-order valence-corrected chi connectivity index (χ0v) is 24.1. The van der Waals surface area contributed by atoms with Crippen molar-refractivity contribution in [3.8, 4) is 17.6 Å². The number of aryl methyl sites for hydroxylation is 2. The van der Waals surface area contributed by atoms with Crippen LogP contribution in [-0.2, 0) is 16.0 Å². The van der Waals surface area contributed by atoms with Crippen molar-refractivity contribution in [1.82, 2.24) is 5.32 Å². The summed E-state index contributed by atoms with van der Waals surface area (Å²) < 4.78 is 10.7. The van der Waals surface area contributed by atoms with Gasteiger partial charge in [0.25, 0.3) is 5.91 Å². The van der Waals surface area contributed by atoms with Crippen LogP contribution in [0.15, 0.2) is 40.4 Å². The maximum atomic E-state index is 12.0. The summed E-state index contributed by atoms with van der Waals surface area (Å²) in [5.74, 6) is 1.55. The first-order chi connectivity index (χ1) is 18.6. The number of carbonyl (C=O) groups is 2. The Balaban J connectivity index is 0.00000122. The number of rotatable bonds is 9. The van der Waals surface area contributed by atoms with Crippen molar-refractivity contribution in [1.29, 1.82) is 5.26 Å². The monoisotopic (exact) mass is 553 g/mol. The minimum atomic E-state index is -0.989. The molecule has 2 aromatic carbocycles. The molecule has 0 aliphatic heterocycles. The quantitative estimate of drug-likeness (QED) is 0.247. The number of ether oxygens (including phenoxy) is 2. The third kappa shape index (κ3) is 10.8. The number of aliphatic imine (C=N–C) groups is 1. The molecule has 2 aromatic rings. The van der Waals surface area contributed by atoms with Gasteiger partial charge in [-0.25, -0.2) is 4.79 Å². The summed E-state index contributed by atoms with van der Waals surface area (Å²) in [6.07, 6.45) is 4.49. The topological polar surface area (TPSA) is 125 Å². The molecule has 0 heterocycles. The molecule has 9 nitrogen and oxygen atoms in total. The molecular formula is C29H36ClN5O4. The molecule has 208 valence electrons. The number of alkyl carbamates (subject to hydrolysis) is 1. The highest BCUT2D eigenvalue weighted by molar-refractivity contribution is 6.46. The number of benzene rings is 2. The Hall–Kier alpha value is -3.90. The van der Waals surface area contributed by atoms with Crippen LogP contribution in [-0.4, -0.2) is 30.5 Å². The predicted octanol–water partition coefficient (Wildman–Crippen LogP) is 7.34. The standard InChI is InChI=1S/C25H28ClN5O4.C4H8/c1-6-17-11-18(30-31-22(13-27)24(32)29-25(33)34-7-2)12-20(26)23(17)35-19-8-9-21(16(5)10-19)28-14-15(3)4;1-4-2-3-4/h8-12,14-15,30H,6-7H2,1-5H3,(H,29,32,33);4H,2-3H2,1H3/b28-14?,31-22+;. The Morgan fingerprint density at radius 2 is 1.92 bits per heavy atom. The van der Waals surface area contributed by atoms with Crippen molar-refractivity contribution in [3.05, 3.63) is 46.5 Å². The van der Waals surface area contributed by atoms with Crippen molar-refractivity contribution in [2.24, 2.45) is 21.9 Å². The molecule has 0 unspecified atom stereocenters. The lowest BCUT2D eigenvalue weighted by molar-refractivity contribution is -0.114. The fourth-order valence-electron chi connectivity index (χ4n) is 3.01. The number of anilines is 1. The van der Waals surface area contributed by atoms with Crippen molar-refractivity contribution in [2.75, 3.05) is 12.0 Å². The van der Waals surface area contributed by atoms with E-state index in [-0.39, 0.29) is 6.61 Å². The van der Waals surface area contributed by atoms with E-state index in [4.69, 9.17) is 16.3 Å². The number of nitrogens with zero attached hydrogens (tertiary/aromatic N) is 3. The minimum Gasteiger partial charge on any atom is -0.456 e. The molecule has 1 aliphatic carbocycles. The van der Waals surface area contributed by atoms with Crippen LogP contribution in [0.2, 0.25) is 5.02 Å². The van der Waals surface area contributed by atoms with Crippen LogP contribution in [0.5, 0.6) is 11.5 Å². The molecule has 2 amide bonds. The second-order valence-electron chi connectivity index (χ2n) is 9.41. The molecule has 10 heteroatoms. The molecule has 3 rings (SSSR count). The lowest BCUT2D eigenvalue weighted by atomic mass is 10.1. The van der Waals surface area contributed by atoms with Gasteiger partial charge < -0.3 is 9.47 Å². The maximum Gasteiger partial charge on any atom is 0.414 e. The van der Waals surface area contributed by atoms with Crippen LogP contribution in [0.25, 0.3) is 0 Å². The van der Waals surface area contributed by atoms with E-state index in [1.165, 1.54) is 12.8 Å². The van der Waals surface area contributed by atoms with Gasteiger partial charge in [0.05, 0.1) is 23.0 Å². The minimum absolute atomic E-state index is 0.0822. The molecule has 0 saturated heterocycles. The van der Waals surface area contributed by atoms with Gasteiger partial charge in [0.2, 0.25) is 5.71 Å². The first-order valence-corrected chi connectivity index (χ1v) is 13.3. The highest BCUT2D eigenvalue weighted by atomic mass is 35.5. The van der Waals surface area contributed by atoms with Gasteiger partial charge in [0.15, 0.2) is 0 Å². The van der Waals surface area contributed by atoms with Gasteiger partial charge in [-0.15, -0.1) is 0 Å². The molecule has 0 aromatic heterocycles. The SMILES string of the molecule is CC1CC1.CCOC(=O)NC(=O)/C(C#N)=N/Nc1cc(Cl)c(Oc2ccc(N=CC(C)C)c(C)c2)c(CC)c1. The van der Waals surface area contributed by atoms with Gasteiger partial charge in [-0.1, -0.05) is 52.1 Å². The molecule has 1 fully saturated rings. The Morgan fingerprint density at radius 3 is 2.46 bits per heavy atom. The molecule has 1 saturated carbocycles. The second-order valence-corrected chi connectivity index (χ2v) is 9.82. The molecule has 0 radical (unpaired) electrons. The maximum absolute atomic E-state index is 12.0. The number of nitriles is 1. The summed E-state index contributed by atoms with van der Waals surface area (Å²) in [6, 6.07) is 10.5. The van der Waals surface area contributed by atoms with Gasteiger partial charge in [0, 0.05) is 6.21 Å². The third-order valence-corrected chi connectivity index (χ3v) is 5.66. The number of amides is 2. The molecule has 39 heavy (non-hydrogen) atoms. The molecule has 0 bridgehead atoms. The van der Waals surface area contributed by atoms with E-state index in [1.54, 1.807) is 25.1 Å². The Bertz CT molecular complexity index is 1260. The highest BCUT2D eigenvalue weighted by Gasteiger charge is 2.16. The van der Waals surface area contributed by atoms with Gasteiger partial charge in [-0.3, -0.25) is 20.5 Å². The van der Waals surface area contributed by atoms with E-state index in [0.717, 1.165) is 22.7 Å². The van der Waals surface area contributed by atoms with E-state index >= 15 is 0 Å². The van der Waals surface area contributed by atoms with Crippen LogP contribution in [0.1, 0.15) is 58.6 Å². The van der Waals surface area contributed by atoms with Crippen molar-refractivity contribution in [3.63, 3.8) is 0 Å². The normalized spacial score (nSPS) is 12.8. The van der Waals surface area contributed by atoms with Crippen LogP contribution in [0, 0.1) is 30.1 Å². The van der Waals surface area contributed by atoms with E-state index < -0.39 is 17.7 Å². The Labute approximate surface area is 235 Å². The number of nitrogens with one attached hydrogen (secondary N) is 2. The van der Waals surface area contributed by atoms with Crippen LogP contribution in [0.3, 0.4) is 0 Å². The van der Waals surface area contributed by atoms with Crippen LogP contribution in [0.4, 0.5) is 16.2 Å². The van der Waals surface area contributed by atoms with Crippen LogP contribution >= 0.6 is 11.6 Å². The molecule has 2 N–H and O–H groups in total. The second kappa shape index (κ2) is 15.5. The summed E-state index contributed by atoms with van der Waals surface area (Å²) >= 11 is 6.49. The fraction of sp³-hybridized carbons (Fsp3) is 0.414.